The van der Waals surface area contributed by atoms with Crippen LogP contribution in [-0.4, -0.2) is 43.2 Å². The number of sulfonamides is 1. The van der Waals surface area contributed by atoms with Gasteiger partial charge in [-0.15, -0.1) is 0 Å². The van der Waals surface area contributed by atoms with Crippen molar-refractivity contribution in [2.24, 2.45) is 0 Å². The second-order valence-corrected chi connectivity index (χ2v) is 9.61. The van der Waals surface area contributed by atoms with Crippen LogP contribution in [0.2, 0.25) is 10.0 Å². The fourth-order valence-corrected chi connectivity index (χ4v) is 4.80. The minimum atomic E-state index is -3.87. The Morgan fingerprint density at radius 2 is 1.43 bits per heavy atom. The van der Waals surface area contributed by atoms with Crippen molar-refractivity contribution in [3.63, 3.8) is 0 Å². The minimum Gasteiger partial charge on any atom is -0.342 e. The van der Waals surface area contributed by atoms with E-state index >= 15 is 0 Å². The van der Waals surface area contributed by atoms with Gasteiger partial charge in [-0.05, 0) is 61.2 Å². The summed E-state index contributed by atoms with van der Waals surface area (Å²) in [7, 11) is -3.87. The van der Waals surface area contributed by atoms with Crippen LogP contribution in [0.5, 0.6) is 0 Å². The molecule has 0 N–H and O–H groups in total. The molecule has 2 aromatic rings. The van der Waals surface area contributed by atoms with Gasteiger partial charge in [0.1, 0.15) is 0 Å². The number of piperidine rings is 1. The van der Waals surface area contributed by atoms with Gasteiger partial charge in [0.05, 0.1) is 11.4 Å². The van der Waals surface area contributed by atoms with Gasteiger partial charge in [0.2, 0.25) is 15.9 Å². The van der Waals surface area contributed by atoms with Crippen LogP contribution < -0.4 is 0 Å². The fraction of sp³-hybridized carbons (Fsp3) is 0.350. The quantitative estimate of drug-likeness (QED) is 0.675. The lowest BCUT2D eigenvalue weighted by Crippen LogP contribution is -2.44. The van der Waals surface area contributed by atoms with E-state index in [1.165, 1.54) is 28.6 Å². The van der Waals surface area contributed by atoms with Crippen LogP contribution in [0.4, 0.5) is 0 Å². The molecule has 150 valence electrons. The molecule has 3 rings (SSSR count). The molecule has 1 amide bonds. The molecular weight excluding hydrogens is 419 g/mol. The van der Waals surface area contributed by atoms with E-state index in [0.29, 0.717) is 23.1 Å². The number of carbonyl (C=O) groups is 1. The van der Waals surface area contributed by atoms with Crippen LogP contribution in [0, 0.1) is 0 Å². The molecule has 28 heavy (non-hydrogen) atoms. The lowest BCUT2D eigenvalue weighted by atomic mass is 10.1. The first-order chi connectivity index (χ1) is 13.4. The maximum Gasteiger partial charge on any atom is 0.243 e. The molecule has 0 radical (unpaired) electrons. The van der Waals surface area contributed by atoms with Crippen molar-refractivity contribution in [1.82, 2.24) is 9.21 Å². The summed E-state index contributed by atoms with van der Waals surface area (Å²) in [5.41, 5.74) is 0.758. The Morgan fingerprint density at radius 1 is 0.893 bits per heavy atom. The van der Waals surface area contributed by atoms with Crippen molar-refractivity contribution in [3.05, 3.63) is 64.1 Å². The molecule has 5 nitrogen and oxygen atoms in total. The molecular formula is C20H22Cl2N2O3S. The Hall–Kier alpha value is -1.60. The SMILES string of the molecule is O=C(CN(Cc1ccc(Cl)cc1)S(=O)(=O)c1ccc(Cl)cc1)N1CCCCC1. The minimum absolute atomic E-state index is 0.0850. The van der Waals surface area contributed by atoms with Crippen LogP contribution >= 0.6 is 23.2 Å². The topological polar surface area (TPSA) is 57.7 Å². The molecule has 2 aromatic carbocycles. The Bertz CT molecular complexity index is 909. The molecule has 0 aliphatic carbocycles. The van der Waals surface area contributed by atoms with E-state index in [2.05, 4.69) is 0 Å². The fourth-order valence-electron chi connectivity index (χ4n) is 3.17. The number of hydrogen-bond acceptors (Lipinski definition) is 3. The summed E-state index contributed by atoms with van der Waals surface area (Å²) in [6.45, 7) is 1.23. The van der Waals surface area contributed by atoms with Crippen LogP contribution in [0.25, 0.3) is 0 Å². The number of likely N-dealkylation sites (tertiary alicyclic amines) is 1. The predicted octanol–water partition coefficient (Wildman–Crippen LogP) is 4.20. The summed E-state index contributed by atoms with van der Waals surface area (Å²) in [5.74, 6) is -0.175. The highest BCUT2D eigenvalue weighted by Crippen LogP contribution is 2.22. The molecule has 0 atom stereocenters. The van der Waals surface area contributed by atoms with E-state index in [4.69, 9.17) is 23.2 Å². The third-order valence-corrected chi connectivity index (χ3v) is 7.05. The van der Waals surface area contributed by atoms with Gasteiger partial charge in [-0.2, -0.15) is 4.31 Å². The van der Waals surface area contributed by atoms with E-state index in [9.17, 15) is 13.2 Å². The summed E-state index contributed by atoms with van der Waals surface area (Å²) in [6.07, 6.45) is 3.00. The van der Waals surface area contributed by atoms with E-state index in [-0.39, 0.29) is 23.9 Å². The average Bonchev–Trinajstić information content (AvgIpc) is 2.70. The van der Waals surface area contributed by atoms with Gasteiger partial charge in [-0.25, -0.2) is 8.42 Å². The number of carbonyl (C=O) groups excluding carboxylic acids is 1. The molecule has 0 saturated carbocycles. The zero-order chi connectivity index (χ0) is 20.1. The number of halogens is 2. The monoisotopic (exact) mass is 440 g/mol. The van der Waals surface area contributed by atoms with E-state index < -0.39 is 10.0 Å². The molecule has 1 aliphatic rings. The standard InChI is InChI=1S/C20H22Cl2N2O3S/c21-17-6-4-16(5-7-17)14-24(15-20(25)23-12-2-1-3-13-23)28(26,27)19-10-8-18(22)9-11-19/h4-11H,1-3,12-15H2. The molecule has 0 spiro atoms. The highest BCUT2D eigenvalue weighted by molar-refractivity contribution is 7.89. The zero-order valence-electron chi connectivity index (χ0n) is 15.4. The number of amides is 1. The summed E-state index contributed by atoms with van der Waals surface area (Å²) < 4.78 is 27.7. The van der Waals surface area contributed by atoms with Gasteiger partial charge in [0, 0.05) is 29.7 Å². The average molecular weight is 441 g/mol. The molecule has 0 unspecified atom stereocenters. The molecule has 1 fully saturated rings. The normalized spacial score (nSPS) is 15.0. The smallest absolute Gasteiger partial charge is 0.243 e. The summed E-state index contributed by atoms with van der Waals surface area (Å²) in [5, 5.41) is 1.02. The lowest BCUT2D eigenvalue weighted by molar-refractivity contribution is -0.132. The summed E-state index contributed by atoms with van der Waals surface area (Å²) >= 11 is 11.8. The molecule has 1 heterocycles. The van der Waals surface area contributed by atoms with Crippen molar-refractivity contribution in [1.29, 1.82) is 0 Å². The summed E-state index contributed by atoms with van der Waals surface area (Å²) in [6, 6.07) is 12.9. The third kappa shape index (κ3) is 5.26. The maximum atomic E-state index is 13.2. The van der Waals surface area contributed by atoms with Gasteiger partial charge in [0.25, 0.3) is 0 Å². The zero-order valence-corrected chi connectivity index (χ0v) is 17.7. The highest BCUT2D eigenvalue weighted by atomic mass is 35.5. The number of hydrogen-bond donors (Lipinski definition) is 0. The maximum absolute atomic E-state index is 13.2. The Balaban J connectivity index is 1.87. The van der Waals surface area contributed by atoms with Gasteiger partial charge >= 0.3 is 0 Å². The number of nitrogens with zero attached hydrogens (tertiary/aromatic N) is 2. The Kier molecular flexibility index (Phi) is 6.99. The largest absolute Gasteiger partial charge is 0.342 e. The number of rotatable bonds is 6. The second-order valence-electron chi connectivity index (χ2n) is 6.79. The van der Waals surface area contributed by atoms with Gasteiger partial charge in [-0.3, -0.25) is 4.79 Å². The predicted molar refractivity (Wildman–Crippen MR) is 111 cm³/mol. The molecule has 8 heteroatoms. The van der Waals surface area contributed by atoms with Gasteiger partial charge < -0.3 is 4.90 Å². The first-order valence-electron chi connectivity index (χ1n) is 9.14. The van der Waals surface area contributed by atoms with Crippen molar-refractivity contribution in [3.8, 4) is 0 Å². The molecule has 0 bridgehead atoms. The Morgan fingerprint density at radius 3 is 2.00 bits per heavy atom. The van der Waals surface area contributed by atoms with Crippen molar-refractivity contribution >= 4 is 39.1 Å². The van der Waals surface area contributed by atoms with Gasteiger partial charge in [0.15, 0.2) is 0 Å². The third-order valence-electron chi connectivity index (χ3n) is 4.74. The lowest BCUT2D eigenvalue weighted by Gasteiger charge is -2.29. The van der Waals surface area contributed by atoms with Crippen LogP contribution in [0.3, 0.4) is 0 Å². The highest BCUT2D eigenvalue weighted by Gasteiger charge is 2.29. The van der Waals surface area contributed by atoms with E-state index in [0.717, 1.165) is 24.8 Å². The molecule has 1 saturated heterocycles. The van der Waals surface area contributed by atoms with Crippen molar-refractivity contribution < 1.29 is 13.2 Å². The second kappa shape index (κ2) is 9.27. The van der Waals surface area contributed by atoms with Crippen LogP contribution in [0.1, 0.15) is 24.8 Å². The van der Waals surface area contributed by atoms with Crippen LogP contribution in [-0.2, 0) is 21.4 Å². The first-order valence-corrected chi connectivity index (χ1v) is 11.3. The number of benzene rings is 2. The van der Waals surface area contributed by atoms with Gasteiger partial charge in [-0.1, -0.05) is 35.3 Å². The van der Waals surface area contributed by atoms with Crippen LogP contribution in [0.15, 0.2) is 53.4 Å². The summed E-state index contributed by atoms with van der Waals surface area (Å²) in [4.78, 5) is 14.6. The van der Waals surface area contributed by atoms with Crippen molar-refractivity contribution in [2.45, 2.75) is 30.7 Å². The Labute approximate surface area is 175 Å². The molecule has 0 aromatic heterocycles. The molecule has 1 aliphatic heterocycles. The van der Waals surface area contributed by atoms with E-state index in [1.54, 1.807) is 29.2 Å². The first kappa shape index (κ1) is 21.1. The van der Waals surface area contributed by atoms with Crippen molar-refractivity contribution in [2.75, 3.05) is 19.6 Å². The van der Waals surface area contributed by atoms with E-state index in [1.807, 2.05) is 0 Å².